The van der Waals surface area contributed by atoms with Gasteiger partial charge in [0.2, 0.25) is 0 Å². The van der Waals surface area contributed by atoms with E-state index in [1.54, 1.807) is 35.7 Å². The van der Waals surface area contributed by atoms with Crippen molar-refractivity contribution < 1.29 is 19.1 Å². The molecule has 0 spiro atoms. The molecule has 0 saturated carbocycles. The van der Waals surface area contributed by atoms with E-state index < -0.39 is 0 Å². The van der Waals surface area contributed by atoms with Crippen molar-refractivity contribution in [2.45, 2.75) is 19.6 Å². The van der Waals surface area contributed by atoms with Crippen molar-refractivity contribution in [3.63, 3.8) is 0 Å². The van der Waals surface area contributed by atoms with Gasteiger partial charge in [-0.15, -0.1) is 0 Å². The summed E-state index contributed by atoms with van der Waals surface area (Å²) in [6.45, 7) is 0. The molecule has 1 aliphatic rings. The standard InChI is InChI=1S/C28H20O4S2/c1-31-27(29)21-7-3-5-17(13-21)19-9-11-23-25(15-19)33-24-12-10-20(16-26(24)34-23)18-6-4-8-22(14-18)28(30)32-2/h3-16H,1-2H3. The van der Waals surface area contributed by atoms with Crippen molar-refractivity contribution in [3.8, 4) is 22.3 Å². The number of esters is 2. The molecular weight excluding hydrogens is 464 g/mol. The molecule has 0 radical (unpaired) electrons. The summed E-state index contributed by atoms with van der Waals surface area (Å²) in [6, 6.07) is 27.7. The highest BCUT2D eigenvalue weighted by Gasteiger charge is 2.19. The number of benzene rings is 4. The number of carbonyl (C=O) groups excluding carboxylic acids is 2. The van der Waals surface area contributed by atoms with E-state index in [1.807, 2.05) is 36.4 Å². The molecule has 4 aromatic rings. The molecule has 168 valence electrons. The predicted octanol–water partition coefficient (Wildman–Crippen LogP) is 7.21. The lowest BCUT2D eigenvalue weighted by Gasteiger charge is -2.20. The van der Waals surface area contributed by atoms with E-state index in [1.165, 1.54) is 33.8 Å². The summed E-state index contributed by atoms with van der Waals surface area (Å²) in [5.41, 5.74) is 5.13. The second kappa shape index (κ2) is 9.41. The fourth-order valence-electron chi connectivity index (χ4n) is 3.83. The topological polar surface area (TPSA) is 52.6 Å². The monoisotopic (exact) mass is 484 g/mol. The zero-order valence-corrected chi connectivity index (χ0v) is 20.2. The molecule has 1 heterocycles. The Morgan fingerprint density at radius 1 is 0.529 bits per heavy atom. The van der Waals surface area contributed by atoms with Crippen LogP contribution in [0, 0.1) is 0 Å². The number of fused-ring (bicyclic) bond motifs is 2. The van der Waals surface area contributed by atoms with E-state index in [0.717, 1.165) is 22.3 Å². The minimum Gasteiger partial charge on any atom is -0.465 e. The molecule has 0 atom stereocenters. The Morgan fingerprint density at radius 3 is 1.35 bits per heavy atom. The number of rotatable bonds is 4. The van der Waals surface area contributed by atoms with Gasteiger partial charge < -0.3 is 9.47 Å². The molecule has 0 amide bonds. The van der Waals surface area contributed by atoms with E-state index in [0.29, 0.717) is 11.1 Å². The van der Waals surface area contributed by atoms with Crippen LogP contribution in [0.4, 0.5) is 0 Å². The van der Waals surface area contributed by atoms with Gasteiger partial charge in [-0.1, -0.05) is 59.9 Å². The van der Waals surface area contributed by atoms with Crippen LogP contribution in [-0.2, 0) is 9.47 Å². The minimum atomic E-state index is -0.341. The van der Waals surface area contributed by atoms with E-state index >= 15 is 0 Å². The zero-order valence-electron chi connectivity index (χ0n) is 18.5. The number of ether oxygens (including phenoxy) is 2. The molecule has 6 heteroatoms. The molecule has 5 rings (SSSR count). The molecule has 1 aliphatic heterocycles. The lowest BCUT2D eigenvalue weighted by atomic mass is 10.0. The van der Waals surface area contributed by atoms with Gasteiger partial charge in [-0.05, 0) is 70.8 Å². The Morgan fingerprint density at radius 2 is 0.941 bits per heavy atom. The Balaban J connectivity index is 1.43. The smallest absolute Gasteiger partial charge is 0.337 e. The maximum absolute atomic E-state index is 11.9. The van der Waals surface area contributed by atoms with Crippen molar-refractivity contribution in [1.29, 1.82) is 0 Å². The summed E-state index contributed by atoms with van der Waals surface area (Å²) >= 11 is 3.47. The second-order valence-electron chi connectivity index (χ2n) is 7.67. The van der Waals surface area contributed by atoms with E-state index in [4.69, 9.17) is 9.47 Å². The quantitative estimate of drug-likeness (QED) is 0.251. The van der Waals surface area contributed by atoms with Crippen LogP contribution in [0.5, 0.6) is 0 Å². The van der Waals surface area contributed by atoms with Gasteiger partial charge in [0.15, 0.2) is 0 Å². The third-order valence-electron chi connectivity index (χ3n) is 5.56. The third-order valence-corrected chi connectivity index (χ3v) is 8.09. The number of carbonyl (C=O) groups is 2. The van der Waals surface area contributed by atoms with Crippen LogP contribution in [0.3, 0.4) is 0 Å². The van der Waals surface area contributed by atoms with Gasteiger partial charge in [-0.3, -0.25) is 0 Å². The maximum Gasteiger partial charge on any atom is 0.337 e. The molecule has 0 N–H and O–H groups in total. The van der Waals surface area contributed by atoms with Gasteiger partial charge in [0.1, 0.15) is 0 Å². The molecule has 0 unspecified atom stereocenters. The lowest BCUT2D eigenvalue weighted by molar-refractivity contribution is 0.0592. The third kappa shape index (κ3) is 4.34. The van der Waals surface area contributed by atoms with Crippen LogP contribution in [-0.4, -0.2) is 26.2 Å². The molecular formula is C28H20O4S2. The molecule has 4 nitrogen and oxygen atoms in total. The highest BCUT2D eigenvalue weighted by molar-refractivity contribution is 8.05. The van der Waals surface area contributed by atoms with Gasteiger partial charge in [-0.25, -0.2) is 9.59 Å². The van der Waals surface area contributed by atoms with Crippen molar-refractivity contribution in [1.82, 2.24) is 0 Å². The molecule has 0 fully saturated rings. The van der Waals surface area contributed by atoms with Gasteiger partial charge in [0.25, 0.3) is 0 Å². The van der Waals surface area contributed by atoms with Crippen molar-refractivity contribution >= 4 is 35.5 Å². The first-order valence-electron chi connectivity index (χ1n) is 10.6. The first kappa shape index (κ1) is 22.3. The average Bonchev–Trinajstić information content (AvgIpc) is 2.90. The maximum atomic E-state index is 11.9. The summed E-state index contributed by atoms with van der Waals surface area (Å²) in [6.07, 6.45) is 0. The summed E-state index contributed by atoms with van der Waals surface area (Å²) in [4.78, 5) is 28.6. The van der Waals surface area contributed by atoms with E-state index in [9.17, 15) is 9.59 Å². The van der Waals surface area contributed by atoms with Crippen LogP contribution in [0.1, 0.15) is 20.7 Å². The van der Waals surface area contributed by atoms with Crippen molar-refractivity contribution in [3.05, 3.63) is 96.1 Å². The van der Waals surface area contributed by atoms with Gasteiger partial charge in [0, 0.05) is 19.6 Å². The summed E-state index contributed by atoms with van der Waals surface area (Å²) in [5.74, 6) is -0.682. The number of hydrogen-bond donors (Lipinski definition) is 0. The summed E-state index contributed by atoms with van der Waals surface area (Å²) in [7, 11) is 2.78. The van der Waals surface area contributed by atoms with Gasteiger partial charge in [0.05, 0.1) is 25.3 Å². The van der Waals surface area contributed by atoms with Crippen LogP contribution in [0.2, 0.25) is 0 Å². The molecule has 0 bridgehead atoms. The Kier molecular flexibility index (Phi) is 6.18. The van der Waals surface area contributed by atoms with Crippen molar-refractivity contribution in [2.75, 3.05) is 14.2 Å². The number of methoxy groups -OCH3 is 2. The van der Waals surface area contributed by atoms with Crippen LogP contribution < -0.4 is 0 Å². The first-order valence-corrected chi connectivity index (χ1v) is 12.2. The molecule has 0 aliphatic carbocycles. The zero-order chi connectivity index (χ0) is 23.7. The highest BCUT2D eigenvalue weighted by atomic mass is 32.2. The number of hydrogen-bond acceptors (Lipinski definition) is 6. The largest absolute Gasteiger partial charge is 0.465 e. The van der Waals surface area contributed by atoms with E-state index in [2.05, 4.69) is 36.4 Å². The predicted molar refractivity (Wildman–Crippen MR) is 135 cm³/mol. The highest BCUT2D eigenvalue weighted by Crippen LogP contribution is 2.50. The van der Waals surface area contributed by atoms with Crippen LogP contribution >= 0.6 is 23.5 Å². The molecule has 4 aromatic carbocycles. The van der Waals surface area contributed by atoms with Crippen LogP contribution in [0.25, 0.3) is 22.3 Å². The van der Waals surface area contributed by atoms with Crippen molar-refractivity contribution in [2.24, 2.45) is 0 Å². The lowest BCUT2D eigenvalue weighted by Crippen LogP contribution is -2.01. The molecule has 34 heavy (non-hydrogen) atoms. The second-order valence-corrected chi connectivity index (χ2v) is 9.84. The molecule has 0 saturated heterocycles. The van der Waals surface area contributed by atoms with Gasteiger partial charge in [-0.2, -0.15) is 0 Å². The minimum absolute atomic E-state index is 0.341. The van der Waals surface area contributed by atoms with Gasteiger partial charge >= 0.3 is 11.9 Å². The SMILES string of the molecule is COC(=O)c1cccc(-c2ccc3c(c2)Sc2ccc(-c4cccc(C(=O)OC)c4)cc2S3)c1. The first-order chi connectivity index (χ1) is 16.6. The average molecular weight is 485 g/mol. The Hall–Kier alpha value is -3.48. The Labute approximate surface area is 206 Å². The molecule has 0 aromatic heterocycles. The summed E-state index contributed by atoms with van der Waals surface area (Å²) < 4.78 is 9.71. The fraction of sp³-hybridized carbons (Fsp3) is 0.0714. The van der Waals surface area contributed by atoms with Crippen LogP contribution in [0.15, 0.2) is 105 Å². The normalized spacial score (nSPS) is 11.8. The Bertz CT molecular complexity index is 1320. The van der Waals surface area contributed by atoms with E-state index in [-0.39, 0.29) is 11.9 Å². The fourth-order valence-corrected chi connectivity index (χ4v) is 6.10. The summed E-state index contributed by atoms with van der Waals surface area (Å²) in [5, 5.41) is 0.